The fourth-order valence-corrected chi connectivity index (χ4v) is 3.81. The Bertz CT molecular complexity index is 382. The van der Waals surface area contributed by atoms with Crippen molar-refractivity contribution < 1.29 is 21.6 Å². The molecule has 2 unspecified atom stereocenters. The summed E-state index contributed by atoms with van der Waals surface area (Å²) in [6, 6.07) is 0. The van der Waals surface area contributed by atoms with E-state index in [0.717, 1.165) is 0 Å². The molecule has 1 fully saturated rings. The Morgan fingerprint density at radius 2 is 2.00 bits per heavy atom. The monoisotopic (exact) mass is 226 g/mol. The van der Waals surface area contributed by atoms with E-state index in [1.807, 2.05) is 0 Å². The Labute approximate surface area is 79.7 Å². The minimum Gasteiger partial charge on any atom is -0.219 e. The number of allylic oxidation sites excluding steroid dienone is 1. The lowest BCUT2D eigenvalue weighted by molar-refractivity contribution is -0.0453. The smallest absolute Gasteiger partial charge is 0.219 e. The molecule has 2 aliphatic carbocycles. The second-order valence-electron chi connectivity index (χ2n) is 3.88. The summed E-state index contributed by atoms with van der Waals surface area (Å²) in [6.07, 6.45) is 3.58. The van der Waals surface area contributed by atoms with Gasteiger partial charge in [0.1, 0.15) is 0 Å². The lowest BCUT2D eigenvalue weighted by Crippen LogP contribution is -2.42. The van der Waals surface area contributed by atoms with Crippen LogP contribution in [-0.4, -0.2) is 18.7 Å². The van der Waals surface area contributed by atoms with Gasteiger partial charge in [0.15, 0.2) is 0 Å². The van der Waals surface area contributed by atoms with Gasteiger partial charge in [-0.2, -0.15) is 13.2 Å². The minimum absolute atomic E-state index is 0.0205. The van der Waals surface area contributed by atoms with Crippen molar-refractivity contribution in [2.75, 3.05) is 0 Å². The molecule has 0 saturated heterocycles. The number of alkyl halides is 3. The Morgan fingerprint density at radius 1 is 1.36 bits per heavy atom. The maximum Gasteiger partial charge on any atom is 0.498 e. The highest BCUT2D eigenvalue weighted by atomic mass is 32.2. The molecule has 2 nitrogen and oxygen atoms in total. The van der Waals surface area contributed by atoms with Crippen molar-refractivity contribution in [3.63, 3.8) is 0 Å². The summed E-state index contributed by atoms with van der Waals surface area (Å²) in [4.78, 5) is 0. The van der Waals surface area contributed by atoms with Crippen LogP contribution in [0.25, 0.3) is 0 Å². The van der Waals surface area contributed by atoms with Crippen molar-refractivity contribution in [3.05, 3.63) is 12.2 Å². The lowest BCUT2D eigenvalue weighted by Gasteiger charge is -2.24. The number of sulfone groups is 1. The Hall–Kier alpha value is -0.520. The van der Waals surface area contributed by atoms with Crippen molar-refractivity contribution in [2.24, 2.45) is 5.92 Å². The van der Waals surface area contributed by atoms with Gasteiger partial charge >= 0.3 is 5.51 Å². The molecule has 0 N–H and O–H groups in total. The van der Waals surface area contributed by atoms with Crippen LogP contribution < -0.4 is 0 Å². The molecule has 1 saturated carbocycles. The number of hydrogen-bond donors (Lipinski definition) is 0. The molecule has 6 heteroatoms. The first-order valence-electron chi connectivity index (χ1n) is 4.29. The van der Waals surface area contributed by atoms with E-state index in [2.05, 4.69) is 0 Å². The van der Waals surface area contributed by atoms with Crippen LogP contribution >= 0.6 is 0 Å². The standard InChI is InChI=1S/C8H9F3O2S/c9-8(10,11)14(12,13)7-3-1-6(5-7)2-4-7/h1,3,6H,2,4-5H2. The highest BCUT2D eigenvalue weighted by Gasteiger charge is 2.61. The molecule has 14 heavy (non-hydrogen) atoms. The number of hydrogen-bond acceptors (Lipinski definition) is 2. The molecule has 0 aromatic heterocycles. The summed E-state index contributed by atoms with van der Waals surface area (Å²) in [5.74, 6) is 0.0205. The number of halogens is 3. The summed E-state index contributed by atoms with van der Waals surface area (Å²) < 4.78 is 57.8. The molecule has 2 aliphatic rings. The molecule has 2 atom stereocenters. The van der Waals surface area contributed by atoms with Gasteiger partial charge in [-0.3, -0.25) is 0 Å². The zero-order valence-electron chi connectivity index (χ0n) is 7.21. The average molecular weight is 226 g/mol. The largest absolute Gasteiger partial charge is 0.498 e. The van der Waals surface area contributed by atoms with Crippen molar-refractivity contribution in [2.45, 2.75) is 29.5 Å². The quantitative estimate of drug-likeness (QED) is 0.641. The van der Waals surface area contributed by atoms with Crippen LogP contribution in [0.5, 0.6) is 0 Å². The van der Waals surface area contributed by atoms with Gasteiger partial charge in [0.25, 0.3) is 9.84 Å². The summed E-state index contributed by atoms with van der Waals surface area (Å²) in [5, 5.41) is 0. The van der Waals surface area contributed by atoms with Crippen LogP contribution in [0.3, 0.4) is 0 Å². The number of fused-ring (bicyclic) bond motifs is 2. The Balaban J connectivity index is 2.46. The molecule has 0 heterocycles. The van der Waals surface area contributed by atoms with E-state index in [9.17, 15) is 21.6 Å². The first kappa shape index (κ1) is 10.0. The molecular formula is C8H9F3O2S. The van der Waals surface area contributed by atoms with E-state index in [1.54, 1.807) is 6.08 Å². The highest BCUT2D eigenvalue weighted by Crippen LogP contribution is 2.51. The average Bonchev–Trinajstić information content (AvgIpc) is 2.61. The first-order chi connectivity index (χ1) is 6.29. The van der Waals surface area contributed by atoms with E-state index in [4.69, 9.17) is 0 Å². The Morgan fingerprint density at radius 3 is 2.29 bits per heavy atom. The van der Waals surface area contributed by atoms with Gasteiger partial charge in [0.05, 0.1) is 4.75 Å². The van der Waals surface area contributed by atoms with E-state index in [-0.39, 0.29) is 18.8 Å². The SMILES string of the molecule is O=S(=O)(C(F)(F)F)C12C=CC(CC1)C2. The lowest BCUT2D eigenvalue weighted by atomic mass is 10.1. The molecular weight excluding hydrogens is 217 g/mol. The third-order valence-corrected chi connectivity index (χ3v) is 5.24. The zero-order valence-corrected chi connectivity index (χ0v) is 8.03. The third-order valence-electron chi connectivity index (χ3n) is 3.06. The van der Waals surface area contributed by atoms with Crippen molar-refractivity contribution in [1.29, 1.82) is 0 Å². The van der Waals surface area contributed by atoms with Crippen LogP contribution in [0.4, 0.5) is 13.2 Å². The summed E-state index contributed by atoms with van der Waals surface area (Å²) in [5.41, 5.74) is -5.13. The topological polar surface area (TPSA) is 34.1 Å². The van der Waals surface area contributed by atoms with E-state index < -0.39 is 20.1 Å². The molecule has 80 valence electrons. The van der Waals surface area contributed by atoms with Crippen molar-refractivity contribution >= 4 is 9.84 Å². The van der Waals surface area contributed by atoms with Crippen LogP contribution in [0.1, 0.15) is 19.3 Å². The summed E-state index contributed by atoms with van der Waals surface area (Å²) in [6.45, 7) is 0. The zero-order chi connectivity index (χ0) is 10.6. The highest BCUT2D eigenvalue weighted by molar-refractivity contribution is 7.93. The fraction of sp³-hybridized carbons (Fsp3) is 0.750. The van der Waals surface area contributed by atoms with E-state index in [0.29, 0.717) is 6.42 Å². The maximum absolute atomic E-state index is 12.3. The van der Waals surface area contributed by atoms with Crippen LogP contribution in [0.2, 0.25) is 0 Å². The number of rotatable bonds is 1. The van der Waals surface area contributed by atoms with Gasteiger partial charge in [-0.1, -0.05) is 12.2 Å². The van der Waals surface area contributed by atoms with Gasteiger partial charge in [0, 0.05) is 0 Å². The van der Waals surface area contributed by atoms with Crippen LogP contribution in [0.15, 0.2) is 12.2 Å². The molecule has 0 radical (unpaired) electrons. The van der Waals surface area contributed by atoms with E-state index in [1.165, 1.54) is 6.08 Å². The van der Waals surface area contributed by atoms with Crippen molar-refractivity contribution in [1.82, 2.24) is 0 Å². The second-order valence-corrected chi connectivity index (χ2v) is 6.16. The molecule has 0 spiro atoms. The molecule has 0 aromatic rings. The Kier molecular flexibility index (Phi) is 1.81. The van der Waals surface area contributed by atoms with Gasteiger partial charge in [-0.15, -0.1) is 0 Å². The molecule has 0 aromatic carbocycles. The van der Waals surface area contributed by atoms with Gasteiger partial charge < -0.3 is 0 Å². The molecule has 2 bridgehead atoms. The van der Waals surface area contributed by atoms with E-state index >= 15 is 0 Å². The normalized spacial score (nSPS) is 36.6. The summed E-state index contributed by atoms with van der Waals surface area (Å²) in [7, 11) is -5.03. The first-order valence-corrected chi connectivity index (χ1v) is 5.77. The van der Waals surface area contributed by atoms with Crippen molar-refractivity contribution in [3.8, 4) is 0 Å². The second kappa shape index (κ2) is 2.53. The summed E-state index contributed by atoms with van der Waals surface area (Å²) >= 11 is 0. The van der Waals surface area contributed by atoms with Gasteiger partial charge in [-0.05, 0) is 25.2 Å². The third kappa shape index (κ3) is 1.06. The van der Waals surface area contributed by atoms with Crippen LogP contribution in [0, 0.1) is 5.92 Å². The maximum atomic E-state index is 12.3. The van der Waals surface area contributed by atoms with Gasteiger partial charge in [-0.25, -0.2) is 8.42 Å². The predicted molar refractivity (Wildman–Crippen MR) is 44.2 cm³/mol. The fourth-order valence-electron chi connectivity index (χ4n) is 2.27. The van der Waals surface area contributed by atoms with Gasteiger partial charge in [0.2, 0.25) is 0 Å². The molecule has 2 rings (SSSR count). The molecule has 0 aliphatic heterocycles. The minimum atomic E-state index is -5.13. The predicted octanol–water partition coefficient (Wildman–Crippen LogP) is 2.03. The van der Waals surface area contributed by atoms with Crippen LogP contribution in [-0.2, 0) is 9.84 Å². The molecule has 0 amide bonds.